The Bertz CT molecular complexity index is 3150. The normalized spacial score (nSPS) is 13.0. The smallest absolute Gasteiger partial charge is 0.160 e. The van der Waals surface area contributed by atoms with Crippen molar-refractivity contribution in [3.63, 3.8) is 0 Å². The van der Waals surface area contributed by atoms with Crippen LogP contribution >= 0.6 is 0 Å². The van der Waals surface area contributed by atoms with E-state index in [-0.39, 0.29) is 0 Å². The summed E-state index contributed by atoms with van der Waals surface area (Å²) in [4.78, 5) is 15.7. The number of benzene rings is 7. The number of imidazole rings is 1. The van der Waals surface area contributed by atoms with Crippen LogP contribution in [0.2, 0.25) is 0 Å². The maximum Gasteiger partial charge on any atom is 0.160 e. The van der Waals surface area contributed by atoms with Gasteiger partial charge < -0.3 is 0 Å². The minimum absolute atomic E-state index is 0.431. The number of pyridine rings is 1. The third-order valence-corrected chi connectivity index (χ3v) is 12.1. The highest BCUT2D eigenvalue weighted by Crippen LogP contribution is 2.63. The molecule has 0 amide bonds. The second-order valence-electron chi connectivity index (χ2n) is 15.2. The molecule has 0 bridgehead atoms. The largest absolute Gasteiger partial charge is 0.299 e. The van der Waals surface area contributed by atoms with E-state index in [4.69, 9.17) is 15.0 Å². The van der Waals surface area contributed by atoms with Crippen molar-refractivity contribution in [3.8, 4) is 78.7 Å². The van der Waals surface area contributed by atoms with Gasteiger partial charge in [0.15, 0.2) is 5.82 Å². The van der Waals surface area contributed by atoms with Gasteiger partial charge in [-0.3, -0.25) is 4.40 Å². The van der Waals surface area contributed by atoms with Gasteiger partial charge in [0.25, 0.3) is 0 Å². The fraction of sp³-hybridized carbons (Fsp3) is 0.0185. The first kappa shape index (κ1) is 32.5. The van der Waals surface area contributed by atoms with Gasteiger partial charge in [-0.1, -0.05) is 176 Å². The van der Waals surface area contributed by atoms with E-state index in [0.29, 0.717) is 5.82 Å². The van der Waals surface area contributed by atoms with Crippen LogP contribution in [0.4, 0.5) is 0 Å². The predicted octanol–water partition coefficient (Wildman–Crippen LogP) is 12.8. The summed E-state index contributed by atoms with van der Waals surface area (Å²) >= 11 is 0. The molecule has 2 aliphatic rings. The first-order chi connectivity index (χ1) is 28.8. The molecule has 1 spiro atoms. The Labute approximate surface area is 336 Å². The molecule has 4 heteroatoms. The average molecular weight is 739 g/mol. The Kier molecular flexibility index (Phi) is 7.11. The molecule has 12 rings (SSSR count). The lowest BCUT2D eigenvalue weighted by atomic mass is 9.70. The molecule has 3 aromatic heterocycles. The van der Waals surface area contributed by atoms with Gasteiger partial charge in [0.2, 0.25) is 0 Å². The summed E-state index contributed by atoms with van der Waals surface area (Å²) in [5.74, 6) is 0.677. The van der Waals surface area contributed by atoms with E-state index in [2.05, 4.69) is 187 Å². The van der Waals surface area contributed by atoms with Crippen LogP contribution in [0.1, 0.15) is 22.3 Å². The number of aromatic nitrogens is 4. The Morgan fingerprint density at radius 1 is 0.345 bits per heavy atom. The van der Waals surface area contributed by atoms with E-state index in [9.17, 15) is 0 Å². The second kappa shape index (κ2) is 12.7. The topological polar surface area (TPSA) is 43.1 Å². The standard InChI is InChI=1S/C54H34N4/c1-3-15-35(16-4-1)48-34-49(56-53(55-48)38-28-26-36(27-29-38)51-52(37-17-5-2-6-18-37)58-32-14-13-25-50(58)57-51)39-30-31-43-42-21-9-12-24-46(42)54(47(43)33-39)44-22-10-7-19-40(44)41-20-8-11-23-45(41)54/h1-34H. The lowest BCUT2D eigenvalue weighted by molar-refractivity contribution is 0.794. The second-order valence-corrected chi connectivity index (χ2v) is 15.2. The van der Waals surface area contributed by atoms with E-state index in [1.807, 2.05) is 24.3 Å². The maximum absolute atomic E-state index is 5.35. The zero-order valence-corrected chi connectivity index (χ0v) is 31.4. The summed E-state index contributed by atoms with van der Waals surface area (Å²) in [6.45, 7) is 0. The SMILES string of the molecule is c1ccc(-c2cc(-c3ccc4c(c3)C3(c5ccccc5-c5ccccc53)c3ccccc3-4)nc(-c3ccc(-c4nc5ccccn5c4-c4ccccc4)cc3)n2)cc1. The number of nitrogens with zero attached hydrogens (tertiary/aromatic N) is 4. The molecule has 4 nitrogen and oxygen atoms in total. The average Bonchev–Trinajstić information content (AvgIpc) is 3.94. The van der Waals surface area contributed by atoms with Crippen LogP contribution in [0.5, 0.6) is 0 Å². The molecule has 0 radical (unpaired) electrons. The van der Waals surface area contributed by atoms with E-state index in [1.54, 1.807) is 0 Å². The first-order valence-electron chi connectivity index (χ1n) is 19.8. The fourth-order valence-electron chi connectivity index (χ4n) is 9.58. The Hall–Kier alpha value is -7.69. The summed E-state index contributed by atoms with van der Waals surface area (Å²) in [6, 6.07) is 71.5. The molecule has 0 unspecified atom stereocenters. The molecule has 0 aliphatic heterocycles. The highest BCUT2D eigenvalue weighted by molar-refractivity contribution is 5.96. The van der Waals surface area contributed by atoms with Gasteiger partial charge in [0.1, 0.15) is 5.65 Å². The van der Waals surface area contributed by atoms with Gasteiger partial charge in [-0.15, -0.1) is 0 Å². The van der Waals surface area contributed by atoms with Crippen LogP contribution in [0.3, 0.4) is 0 Å². The molecule has 7 aromatic carbocycles. The molecule has 3 heterocycles. The zero-order chi connectivity index (χ0) is 38.2. The predicted molar refractivity (Wildman–Crippen MR) is 234 cm³/mol. The summed E-state index contributed by atoms with van der Waals surface area (Å²) in [5, 5.41) is 0. The van der Waals surface area contributed by atoms with Crippen LogP contribution in [-0.2, 0) is 5.41 Å². The minimum Gasteiger partial charge on any atom is -0.299 e. The molecule has 0 atom stereocenters. The molecule has 0 saturated heterocycles. The van der Waals surface area contributed by atoms with E-state index in [1.165, 1.54) is 44.5 Å². The van der Waals surface area contributed by atoms with Gasteiger partial charge in [-0.05, 0) is 68.8 Å². The highest BCUT2D eigenvalue weighted by Gasteiger charge is 2.51. The molecule has 0 fully saturated rings. The molecule has 0 N–H and O–H groups in total. The van der Waals surface area contributed by atoms with Gasteiger partial charge in [0, 0.05) is 34.0 Å². The molecule has 58 heavy (non-hydrogen) atoms. The number of rotatable bonds is 5. The van der Waals surface area contributed by atoms with E-state index >= 15 is 0 Å². The number of hydrogen-bond acceptors (Lipinski definition) is 3. The van der Waals surface area contributed by atoms with Crippen LogP contribution < -0.4 is 0 Å². The summed E-state index contributed by atoms with van der Waals surface area (Å²) in [7, 11) is 0. The Morgan fingerprint density at radius 2 is 0.845 bits per heavy atom. The molecule has 270 valence electrons. The van der Waals surface area contributed by atoms with Crippen molar-refractivity contribution in [3.05, 3.63) is 229 Å². The third kappa shape index (κ3) is 4.72. The summed E-state index contributed by atoms with van der Waals surface area (Å²) < 4.78 is 2.17. The molecule has 10 aromatic rings. The van der Waals surface area contributed by atoms with E-state index < -0.39 is 5.41 Å². The van der Waals surface area contributed by atoms with E-state index in [0.717, 1.165) is 56.2 Å². The zero-order valence-electron chi connectivity index (χ0n) is 31.4. The fourth-order valence-corrected chi connectivity index (χ4v) is 9.58. The molecular formula is C54H34N4. The Morgan fingerprint density at radius 3 is 1.48 bits per heavy atom. The lowest BCUT2D eigenvalue weighted by Crippen LogP contribution is -2.25. The van der Waals surface area contributed by atoms with Gasteiger partial charge in [-0.2, -0.15) is 0 Å². The maximum atomic E-state index is 5.35. The number of hydrogen-bond donors (Lipinski definition) is 0. The minimum atomic E-state index is -0.431. The third-order valence-electron chi connectivity index (χ3n) is 12.1. The van der Waals surface area contributed by atoms with Crippen molar-refractivity contribution < 1.29 is 0 Å². The van der Waals surface area contributed by atoms with Gasteiger partial charge in [0.05, 0.1) is 28.2 Å². The molecular weight excluding hydrogens is 705 g/mol. The Balaban J connectivity index is 1.02. The van der Waals surface area contributed by atoms with Crippen LogP contribution in [0.25, 0.3) is 84.3 Å². The quantitative estimate of drug-likeness (QED) is 0.177. The lowest BCUT2D eigenvalue weighted by Gasteiger charge is -2.30. The van der Waals surface area contributed by atoms with Crippen molar-refractivity contribution in [2.24, 2.45) is 0 Å². The van der Waals surface area contributed by atoms with Crippen molar-refractivity contribution in [1.29, 1.82) is 0 Å². The van der Waals surface area contributed by atoms with Crippen molar-refractivity contribution in [2.45, 2.75) is 5.41 Å². The van der Waals surface area contributed by atoms with Crippen molar-refractivity contribution in [2.75, 3.05) is 0 Å². The molecule has 0 saturated carbocycles. The van der Waals surface area contributed by atoms with Crippen LogP contribution in [0, 0.1) is 0 Å². The number of fused-ring (bicyclic) bond motifs is 11. The molecule has 2 aliphatic carbocycles. The first-order valence-corrected chi connectivity index (χ1v) is 19.8. The van der Waals surface area contributed by atoms with Crippen molar-refractivity contribution >= 4 is 5.65 Å². The van der Waals surface area contributed by atoms with Crippen molar-refractivity contribution in [1.82, 2.24) is 19.4 Å². The van der Waals surface area contributed by atoms with Gasteiger partial charge in [-0.25, -0.2) is 15.0 Å². The van der Waals surface area contributed by atoms with Crippen LogP contribution in [-0.4, -0.2) is 19.4 Å². The summed E-state index contributed by atoms with van der Waals surface area (Å²) in [5.41, 5.74) is 19.9. The monoisotopic (exact) mass is 738 g/mol. The highest BCUT2D eigenvalue weighted by atomic mass is 15.0. The summed E-state index contributed by atoms with van der Waals surface area (Å²) in [6.07, 6.45) is 2.08. The van der Waals surface area contributed by atoms with Crippen LogP contribution in [0.15, 0.2) is 206 Å². The van der Waals surface area contributed by atoms with Gasteiger partial charge >= 0.3 is 0 Å².